The summed E-state index contributed by atoms with van der Waals surface area (Å²) in [6.45, 7) is 5.92. The summed E-state index contributed by atoms with van der Waals surface area (Å²) >= 11 is 0. The zero-order valence-electron chi connectivity index (χ0n) is 14.5. The summed E-state index contributed by atoms with van der Waals surface area (Å²) in [5, 5.41) is 7.99. The van der Waals surface area contributed by atoms with Gasteiger partial charge in [-0.2, -0.15) is 0 Å². The maximum atomic E-state index is 12.3. The van der Waals surface area contributed by atoms with Gasteiger partial charge in [0.05, 0.1) is 5.56 Å². The molecule has 0 radical (unpaired) electrons. The lowest BCUT2D eigenvalue weighted by Gasteiger charge is -2.10. The molecule has 0 saturated carbocycles. The maximum absolute atomic E-state index is 12.3. The van der Waals surface area contributed by atoms with Crippen LogP contribution in [0.5, 0.6) is 0 Å². The fourth-order valence-corrected chi connectivity index (χ4v) is 2.38. The zero-order valence-corrected chi connectivity index (χ0v) is 14.5. The lowest BCUT2D eigenvalue weighted by atomic mass is 10.0. The lowest BCUT2D eigenvalue weighted by molar-refractivity contribution is 0.0280. The predicted octanol–water partition coefficient (Wildman–Crippen LogP) is 4.78. The minimum absolute atomic E-state index is 0.269. The van der Waals surface area contributed by atoms with Gasteiger partial charge in [-0.05, 0) is 42.7 Å². The van der Waals surface area contributed by atoms with Gasteiger partial charge in [-0.3, -0.25) is 0 Å². The SMILES string of the molecule is CC(C)c1ccc(C(=O)O[C@H](C)c2nnc(-c3ccccc3)o2)cc1. The van der Waals surface area contributed by atoms with Crippen LogP contribution >= 0.6 is 0 Å². The summed E-state index contributed by atoms with van der Waals surface area (Å²) < 4.78 is 11.1. The van der Waals surface area contributed by atoms with Crippen LogP contribution < -0.4 is 0 Å². The molecule has 0 fully saturated rings. The molecule has 3 aromatic rings. The molecule has 25 heavy (non-hydrogen) atoms. The van der Waals surface area contributed by atoms with Gasteiger partial charge in [0.2, 0.25) is 5.89 Å². The van der Waals surface area contributed by atoms with E-state index in [1.54, 1.807) is 19.1 Å². The van der Waals surface area contributed by atoms with Crippen LogP contribution in [-0.2, 0) is 4.74 Å². The Morgan fingerprint density at radius 3 is 2.28 bits per heavy atom. The highest BCUT2D eigenvalue weighted by Gasteiger charge is 2.20. The van der Waals surface area contributed by atoms with Gasteiger partial charge in [-0.25, -0.2) is 4.79 Å². The van der Waals surface area contributed by atoms with E-state index in [4.69, 9.17) is 9.15 Å². The average molecular weight is 336 g/mol. The summed E-state index contributed by atoms with van der Waals surface area (Å²) in [5.41, 5.74) is 2.50. The first-order valence-corrected chi connectivity index (χ1v) is 8.24. The minimum atomic E-state index is -0.623. The number of esters is 1. The van der Waals surface area contributed by atoms with E-state index in [0.29, 0.717) is 17.4 Å². The number of hydrogen-bond donors (Lipinski definition) is 0. The Morgan fingerprint density at radius 2 is 1.64 bits per heavy atom. The van der Waals surface area contributed by atoms with Crippen LogP contribution in [0.25, 0.3) is 11.5 Å². The van der Waals surface area contributed by atoms with Crippen LogP contribution in [0.2, 0.25) is 0 Å². The second kappa shape index (κ2) is 7.30. The van der Waals surface area contributed by atoms with Crippen molar-refractivity contribution in [2.24, 2.45) is 0 Å². The molecule has 5 heteroatoms. The zero-order chi connectivity index (χ0) is 17.8. The number of carbonyl (C=O) groups is 1. The Hall–Kier alpha value is -2.95. The normalized spacial score (nSPS) is 12.2. The van der Waals surface area contributed by atoms with Crippen molar-refractivity contribution in [2.75, 3.05) is 0 Å². The van der Waals surface area contributed by atoms with Crippen molar-refractivity contribution in [3.05, 3.63) is 71.6 Å². The quantitative estimate of drug-likeness (QED) is 0.627. The molecule has 0 aliphatic rings. The van der Waals surface area contributed by atoms with Crippen molar-refractivity contribution >= 4 is 5.97 Å². The molecule has 0 unspecified atom stereocenters. The van der Waals surface area contributed by atoms with E-state index < -0.39 is 12.1 Å². The molecule has 3 rings (SSSR count). The van der Waals surface area contributed by atoms with Gasteiger partial charge in [0.15, 0.2) is 6.10 Å². The van der Waals surface area contributed by atoms with Crippen LogP contribution in [0.15, 0.2) is 59.0 Å². The van der Waals surface area contributed by atoms with Crippen molar-refractivity contribution < 1.29 is 13.9 Å². The molecule has 0 aliphatic carbocycles. The van der Waals surface area contributed by atoms with E-state index in [-0.39, 0.29) is 5.89 Å². The van der Waals surface area contributed by atoms with Gasteiger partial charge < -0.3 is 9.15 Å². The van der Waals surface area contributed by atoms with Gasteiger partial charge in [0.1, 0.15) is 0 Å². The summed E-state index contributed by atoms with van der Waals surface area (Å²) in [5.74, 6) is 0.673. The third-order valence-electron chi connectivity index (χ3n) is 3.91. The van der Waals surface area contributed by atoms with Crippen molar-refractivity contribution in [3.63, 3.8) is 0 Å². The smallest absolute Gasteiger partial charge is 0.338 e. The number of carbonyl (C=O) groups excluding carboxylic acids is 1. The Kier molecular flexibility index (Phi) is 4.93. The monoisotopic (exact) mass is 336 g/mol. The van der Waals surface area contributed by atoms with Crippen molar-refractivity contribution in [1.29, 1.82) is 0 Å². The van der Waals surface area contributed by atoms with E-state index in [1.165, 1.54) is 5.56 Å². The van der Waals surface area contributed by atoms with Crippen LogP contribution in [0.1, 0.15) is 54.6 Å². The number of nitrogens with zero attached hydrogens (tertiary/aromatic N) is 2. The Labute approximate surface area is 146 Å². The first kappa shape index (κ1) is 16.9. The number of hydrogen-bond acceptors (Lipinski definition) is 5. The van der Waals surface area contributed by atoms with Crippen LogP contribution in [0.3, 0.4) is 0 Å². The third-order valence-corrected chi connectivity index (χ3v) is 3.91. The standard InChI is InChI=1S/C20H20N2O3/c1-13(2)15-9-11-17(12-10-15)20(23)24-14(3)18-21-22-19(25-18)16-7-5-4-6-8-16/h4-14H,1-3H3/t14-/m1/s1. The first-order chi connectivity index (χ1) is 12.0. The number of ether oxygens (including phenoxy) is 1. The maximum Gasteiger partial charge on any atom is 0.338 e. The van der Waals surface area contributed by atoms with Gasteiger partial charge in [-0.15, -0.1) is 10.2 Å². The second-order valence-corrected chi connectivity index (χ2v) is 6.14. The fourth-order valence-electron chi connectivity index (χ4n) is 2.38. The number of benzene rings is 2. The molecular weight excluding hydrogens is 316 g/mol. The molecule has 1 heterocycles. The molecule has 0 bridgehead atoms. The molecule has 2 aromatic carbocycles. The van der Waals surface area contributed by atoms with Gasteiger partial charge in [0.25, 0.3) is 5.89 Å². The summed E-state index contributed by atoms with van der Waals surface area (Å²) in [6.07, 6.45) is -0.623. The Morgan fingerprint density at radius 1 is 0.960 bits per heavy atom. The lowest BCUT2D eigenvalue weighted by Crippen LogP contribution is -2.09. The molecule has 1 aromatic heterocycles. The third kappa shape index (κ3) is 3.94. The van der Waals surface area contributed by atoms with Gasteiger partial charge in [-0.1, -0.05) is 44.2 Å². The van der Waals surface area contributed by atoms with E-state index in [2.05, 4.69) is 24.0 Å². The number of aromatic nitrogens is 2. The van der Waals surface area contributed by atoms with Crippen LogP contribution in [0.4, 0.5) is 0 Å². The Balaban J connectivity index is 1.68. The second-order valence-electron chi connectivity index (χ2n) is 6.14. The summed E-state index contributed by atoms with van der Waals surface area (Å²) in [4.78, 5) is 12.3. The van der Waals surface area contributed by atoms with Crippen LogP contribution in [0, 0.1) is 0 Å². The molecule has 1 atom stereocenters. The first-order valence-electron chi connectivity index (χ1n) is 8.24. The molecular formula is C20H20N2O3. The summed E-state index contributed by atoms with van der Waals surface area (Å²) in [7, 11) is 0. The van der Waals surface area contributed by atoms with E-state index in [9.17, 15) is 4.79 Å². The van der Waals surface area contributed by atoms with Crippen molar-refractivity contribution in [1.82, 2.24) is 10.2 Å². The van der Waals surface area contributed by atoms with Gasteiger partial charge >= 0.3 is 5.97 Å². The topological polar surface area (TPSA) is 65.2 Å². The van der Waals surface area contributed by atoms with E-state index in [0.717, 1.165) is 5.56 Å². The fraction of sp³-hybridized carbons (Fsp3) is 0.250. The van der Waals surface area contributed by atoms with Crippen LogP contribution in [-0.4, -0.2) is 16.2 Å². The minimum Gasteiger partial charge on any atom is -0.449 e. The predicted molar refractivity (Wildman–Crippen MR) is 94.1 cm³/mol. The highest BCUT2D eigenvalue weighted by Crippen LogP contribution is 2.23. The Bertz CT molecular complexity index is 839. The van der Waals surface area contributed by atoms with Gasteiger partial charge in [0, 0.05) is 5.56 Å². The molecule has 0 aliphatic heterocycles. The molecule has 5 nitrogen and oxygen atoms in total. The molecule has 0 spiro atoms. The number of rotatable bonds is 5. The van der Waals surface area contributed by atoms with E-state index >= 15 is 0 Å². The largest absolute Gasteiger partial charge is 0.449 e. The molecule has 0 N–H and O–H groups in total. The van der Waals surface area contributed by atoms with Crippen molar-refractivity contribution in [2.45, 2.75) is 32.8 Å². The molecule has 0 amide bonds. The van der Waals surface area contributed by atoms with E-state index in [1.807, 2.05) is 42.5 Å². The summed E-state index contributed by atoms with van der Waals surface area (Å²) in [6, 6.07) is 16.9. The molecule has 128 valence electrons. The molecule has 0 saturated heterocycles. The average Bonchev–Trinajstić information content (AvgIpc) is 3.13. The highest BCUT2D eigenvalue weighted by molar-refractivity contribution is 5.89. The van der Waals surface area contributed by atoms with Crippen molar-refractivity contribution in [3.8, 4) is 11.5 Å². The highest BCUT2D eigenvalue weighted by atomic mass is 16.6.